The second kappa shape index (κ2) is 4.62. The van der Waals surface area contributed by atoms with Crippen LogP contribution in [0.25, 0.3) is 0 Å². The average molecular weight is 335 g/mol. The molecule has 0 N–H and O–H groups in total. The summed E-state index contributed by atoms with van der Waals surface area (Å²) in [5.41, 5.74) is 2.01. The number of carbonyl (C=O) groups is 1. The number of para-hydroxylation sites is 1. The van der Waals surface area contributed by atoms with Crippen molar-refractivity contribution in [2.45, 2.75) is 5.60 Å². The van der Waals surface area contributed by atoms with Gasteiger partial charge in [0.15, 0.2) is 5.60 Å². The highest BCUT2D eigenvalue weighted by Gasteiger charge is 2.53. The van der Waals surface area contributed by atoms with E-state index in [0.29, 0.717) is 22.1 Å². The fraction of sp³-hybridized carbons (Fsp3) is 0.0500. The van der Waals surface area contributed by atoms with E-state index >= 15 is 0 Å². The highest BCUT2D eigenvalue weighted by Crippen LogP contribution is 2.56. The molecule has 24 heavy (non-hydrogen) atoms. The summed E-state index contributed by atoms with van der Waals surface area (Å²) in [7, 11) is 0. The lowest BCUT2D eigenvalue weighted by Gasteiger charge is -2.36. The first-order valence-corrected chi connectivity index (χ1v) is 7.98. The van der Waals surface area contributed by atoms with E-state index < -0.39 is 5.60 Å². The summed E-state index contributed by atoms with van der Waals surface area (Å²) >= 11 is 6.14. The summed E-state index contributed by atoms with van der Waals surface area (Å²) in [5, 5.41) is 0.570. The summed E-state index contributed by atoms with van der Waals surface area (Å²) in [6.45, 7) is 0. The van der Waals surface area contributed by atoms with Crippen molar-refractivity contribution in [1.82, 2.24) is 0 Å². The van der Waals surface area contributed by atoms with Gasteiger partial charge in [-0.2, -0.15) is 0 Å². The maximum absolute atomic E-state index is 12.5. The Bertz CT molecular complexity index is 1010. The molecule has 2 heterocycles. The monoisotopic (exact) mass is 334 g/mol. The first-order chi connectivity index (χ1) is 11.7. The van der Waals surface area contributed by atoms with Crippen molar-refractivity contribution in [2.24, 2.45) is 0 Å². The van der Waals surface area contributed by atoms with Gasteiger partial charge in [-0.05, 0) is 30.3 Å². The number of halogens is 1. The molecular weight excluding hydrogens is 324 g/mol. The van der Waals surface area contributed by atoms with E-state index in [0.717, 1.165) is 16.7 Å². The van der Waals surface area contributed by atoms with Crippen LogP contribution in [0.4, 0.5) is 0 Å². The van der Waals surface area contributed by atoms with Gasteiger partial charge in [0.1, 0.15) is 11.5 Å². The number of rotatable bonds is 0. The molecule has 0 fully saturated rings. The lowest BCUT2D eigenvalue weighted by atomic mass is 9.78. The Morgan fingerprint density at radius 2 is 1.50 bits per heavy atom. The highest BCUT2D eigenvalue weighted by atomic mass is 35.5. The van der Waals surface area contributed by atoms with Crippen molar-refractivity contribution in [2.75, 3.05) is 0 Å². The smallest absolute Gasteiger partial charge is 0.340 e. The predicted octanol–water partition coefficient (Wildman–Crippen LogP) is 4.91. The van der Waals surface area contributed by atoms with Gasteiger partial charge in [-0.1, -0.05) is 48.0 Å². The van der Waals surface area contributed by atoms with E-state index in [4.69, 9.17) is 21.1 Å². The second-order valence-corrected chi connectivity index (χ2v) is 6.29. The summed E-state index contributed by atoms with van der Waals surface area (Å²) in [6.07, 6.45) is 0. The largest absolute Gasteiger partial charge is 0.456 e. The number of fused-ring (bicyclic) bond motifs is 6. The van der Waals surface area contributed by atoms with Crippen LogP contribution in [0.3, 0.4) is 0 Å². The standard InChI is InChI=1S/C20H11ClO3/c21-12-9-10-16-18(11-12)23-17-8-4-3-7-15(17)20(16)14-6-2-1-5-13(14)19(22)24-20/h1-11H. The topological polar surface area (TPSA) is 35.5 Å². The fourth-order valence-electron chi connectivity index (χ4n) is 3.60. The molecule has 0 saturated carbocycles. The van der Waals surface area contributed by atoms with E-state index in [9.17, 15) is 4.79 Å². The zero-order chi connectivity index (χ0) is 16.3. The molecule has 0 radical (unpaired) electrons. The van der Waals surface area contributed by atoms with Gasteiger partial charge in [0.05, 0.1) is 5.56 Å². The van der Waals surface area contributed by atoms with Crippen LogP contribution in [-0.4, -0.2) is 5.97 Å². The molecule has 3 aromatic carbocycles. The summed E-state index contributed by atoms with van der Waals surface area (Å²) in [5.74, 6) is 0.936. The van der Waals surface area contributed by atoms with Gasteiger partial charge in [-0.25, -0.2) is 4.79 Å². The number of benzene rings is 3. The van der Waals surface area contributed by atoms with Gasteiger partial charge < -0.3 is 9.47 Å². The van der Waals surface area contributed by atoms with E-state index in [2.05, 4.69) is 0 Å². The van der Waals surface area contributed by atoms with Crippen molar-refractivity contribution in [3.05, 3.63) is 94.0 Å². The lowest BCUT2D eigenvalue weighted by Crippen LogP contribution is -2.32. The zero-order valence-corrected chi connectivity index (χ0v) is 13.2. The van der Waals surface area contributed by atoms with Gasteiger partial charge in [0.25, 0.3) is 0 Å². The van der Waals surface area contributed by atoms with Gasteiger partial charge >= 0.3 is 5.97 Å². The first-order valence-electron chi connectivity index (χ1n) is 7.60. The molecule has 1 spiro atoms. The average Bonchev–Trinajstić information content (AvgIpc) is 2.89. The van der Waals surface area contributed by atoms with Crippen LogP contribution in [0.5, 0.6) is 11.5 Å². The fourth-order valence-corrected chi connectivity index (χ4v) is 3.76. The Morgan fingerprint density at radius 3 is 2.38 bits per heavy atom. The Hall–Kier alpha value is -2.78. The number of hydrogen-bond donors (Lipinski definition) is 0. The molecule has 1 unspecified atom stereocenters. The molecule has 0 aromatic heterocycles. The minimum Gasteiger partial charge on any atom is -0.456 e. The highest BCUT2D eigenvalue weighted by molar-refractivity contribution is 6.30. The maximum Gasteiger partial charge on any atom is 0.340 e. The third-order valence-electron chi connectivity index (χ3n) is 4.58. The maximum atomic E-state index is 12.5. The zero-order valence-electron chi connectivity index (χ0n) is 12.5. The Morgan fingerprint density at radius 1 is 0.792 bits per heavy atom. The third-order valence-corrected chi connectivity index (χ3v) is 4.82. The predicted molar refractivity (Wildman–Crippen MR) is 89.7 cm³/mol. The molecule has 3 nitrogen and oxygen atoms in total. The van der Waals surface area contributed by atoms with Gasteiger partial charge in [0.2, 0.25) is 0 Å². The minimum absolute atomic E-state index is 0.330. The lowest BCUT2D eigenvalue weighted by molar-refractivity contribution is 0.0224. The quantitative estimate of drug-likeness (QED) is 0.548. The Balaban J connectivity index is 1.92. The summed E-state index contributed by atoms with van der Waals surface area (Å²) in [6, 6.07) is 20.5. The van der Waals surface area contributed by atoms with Gasteiger partial charge in [0, 0.05) is 21.7 Å². The van der Waals surface area contributed by atoms with Crippen molar-refractivity contribution in [3.63, 3.8) is 0 Å². The van der Waals surface area contributed by atoms with Crippen LogP contribution in [0, 0.1) is 0 Å². The van der Waals surface area contributed by atoms with Crippen LogP contribution in [-0.2, 0) is 10.3 Å². The summed E-state index contributed by atoms with van der Waals surface area (Å²) in [4.78, 5) is 12.5. The van der Waals surface area contributed by atoms with Crippen molar-refractivity contribution >= 4 is 17.6 Å². The van der Waals surface area contributed by atoms with Gasteiger partial charge in [-0.3, -0.25) is 0 Å². The molecule has 2 aliphatic heterocycles. The number of esters is 1. The second-order valence-electron chi connectivity index (χ2n) is 5.85. The molecule has 0 saturated heterocycles. The third kappa shape index (κ3) is 1.60. The summed E-state index contributed by atoms with van der Waals surface area (Å²) < 4.78 is 12.0. The van der Waals surface area contributed by atoms with Crippen LogP contribution in [0.1, 0.15) is 27.0 Å². The molecule has 0 amide bonds. The Kier molecular flexibility index (Phi) is 2.62. The van der Waals surface area contributed by atoms with E-state index in [-0.39, 0.29) is 5.97 Å². The van der Waals surface area contributed by atoms with Crippen LogP contribution in [0.2, 0.25) is 5.02 Å². The van der Waals surface area contributed by atoms with E-state index in [1.165, 1.54) is 0 Å². The molecule has 1 atom stereocenters. The molecule has 0 bridgehead atoms. The van der Waals surface area contributed by atoms with Crippen LogP contribution >= 0.6 is 11.6 Å². The normalized spacial score (nSPS) is 20.0. The van der Waals surface area contributed by atoms with Crippen LogP contribution < -0.4 is 4.74 Å². The molecular formula is C20H11ClO3. The van der Waals surface area contributed by atoms with Crippen molar-refractivity contribution in [1.29, 1.82) is 0 Å². The molecule has 2 aliphatic rings. The Labute approximate surface area is 143 Å². The van der Waals surface area contributed by atoms with Crippen LogP contribution in [0.15, 0.2) is 66.7 Å². The minimum atomic E-state index is -0.998. The number of carbonyl (C=O) groups excluding carboxylic acids is 1. The van der Waals surface area contributed by atoms with E-state index in [1.807, 2.05) is 48.5 Å². The van der Waals surface area contributed by atoms with Crippen molar-refractivity contribution < 1.29 is 14.3 Å². The molecule has 0 aliphatic carbocycles. The SMILES string of the molecule is O=C1OC2(c3ccccc3Oc3cc(Cl)ccc32)c2ccccc21. The number of hydrogen-bond acceptors (Lipinski definition) is 3. The molecule has 4 heteroatoms. The molecule has 3 aromatic rings. The van der Waals surface area contributed by atoms with E-state index in [1.54, 1.807) is 18.2 Å². The molecule has 116 valence electrons. The number of ether oxygens (including phenoxy) is 2. The first kappa shape index (κ1) is 13.6. The van der Waals surface area contributed by atoms with Crippen molar-refractivity contribution in [3.8, 4) is 11.5 Å². The van der Waals surface area contributed by atoms with Gasteiger partial charge in [-0.15, -0.1) is 0 Å². The molecule has 5 rings (SSSR count).